The molecule has 3 N–H and O–H groups in total. The van der Waals surface area contributed by atoms with Gasteiger partial charge in [0.15, 0.2) is 0 Å². The van der Waals surface area contributed by atoms with E-state index in [-0.39, 0.29) is 17.7 Å². The summed E-state index contributed by atoms with van der Waals surface area (Å²) in [6.07, 6.45) is 0.764. The third-order valence-electron chi connectivity index (χ3n) is 2.34. The quantitative estimate of drug-likeness (QED) is 0.835. The van der Waals surface area contributed by atoms with Crippen LogP contribution in [0.1, 0.15) is 13.3 Å². The lowest BCUT2D eigenvalue weighted by molar-refractivity contribution is -0.113. The number of carbonyl (C=O) groups is 1. The third-order valence-corrected chi connectivity index (χ3v) is 4.26. The van der Waals surface area contributed by atoms with E-state index in [0.29, 0.717) is 11.4 Å². The second-order valence-electron chi connectivity index (χ2n) is 3.97. The Hall–Kier alpha value is -0.720. The molecule has 0 aliphatic rings. The van der Waals surface area contributed by atoms with Crippen LogP contribution in [0.5, 0.6) is 0 Å². The summed E-state index contributed by atoms with van der Waals surface area (Å²) in [6, 6.07) is 7.12. The Bertz CT molecular complexity index is 423. The van der Waals surface area contributed by atoms with Gasteiger partial charge in [-0.25, -0.2) is 0 Å². The first-order valence-corrected chi connectivity index (χ1v) is 7.95. The number of hydrogen-bond donors (Lipinski definition) is 2. The molecular weight excluding hydrogens is 316 g/mol. The van der Waals surface area contributed by atoms with Crippen LogP contribution in [-0.4, -0.2) is 27.7 Å². The smallest absolute Gasteiger partial charge is 0.236 e. The number of carbonyl (C=O) groups excluding carboxylic acids is 1. The molecule has 2 unspecified atom stereocenters. The Morgan fingerprint density at radius 2 is 2.06 bits per heavy atom. The van der Waals surface area contributed by atoms with Gasteiger partial charge >= 0.3 is 0 Å². The van der Waals surface area contributed by atoms with Gasteiger partial charge in [0.25, 0.3) is 0 Å². The first-order chi connectivity index (χ1) is 8.51. The SMILES string of the molecule is CCC(N)CS(=O)CC(=O)Nc1ccc(Br)cc1. The van der Waals surface area contributed by atoms with Gasteiger partial charge in [-0.15, -0.1) is 0 Å². The van der Waals surface area contributed by atoms with E-state index in [1.54, 1.807) is 12.1 Å². The summed E-state index contributed by atoms with van der Waals surface area (Å²) in [5, 5.41) is 2.70. The maximum atomic E-state index is 11.6. The summed E-state index contributed by atoms with van der Waals surface area (Å²) in [4.78, 5) is 11.6. The van der Waals surface area contributed by atoms with E-state index in [1.807, 2.05) is 19.1 Å². The molecule has 18 heavy (non-hydrogen) atoms. The fourth-order valence-corrected chi connectivity index (χ4v) is 2.75. The van der Waals surface area contributed by atoms with Crippen LogP contribution in [0.25, 0.3) is 0 Å². The zero-order valence-electron chi connectivity index (χ0n) is 10.2. The summed E-state index contributed by atoms with van der Waals surface area (Å²) < 4.78 is 12.6. The molecule has 0 heterocycles. The van der Waals surface area contributed by atoms with Crippen molar-refractivity contribution in [3.05, 3.63) is 28.7 Å². The normalized spacial score (nSPS) is 13.9. The fraction of sp³-hybridized carbons (Fsp3) is 0.417. The molecule has 0 aromatic heterocycles. The van der Waals surface area contributed by atoms with E-state index in [1.165, 1.54) is 0 Å². The number of nitrogens with one attached hydrogen (secondary N) is 1. The van der Waals surface area contributed by atoms with Crippen LogP contribution in [0.2, 0.25) is 0 Å². The minimum atomic E-state index is -1.20. The van der Waals surface area contributed by atoms with E-state index in [2.05, 4.69) is 21.2 Å². The Morgan fingerprint density at radius 1 is 1.44 bits per heavy atom. The van der Waals surface area contributed by atoms with E-state index in [4.69, 9.17) is 5.73 Å². The number of hydrogen-bond acceptors (Lipinski definition) is 3. The van der Waals surface area contributed by atoms with Crippen LogP contribution in [0, 0.1) is 0 Å². The monoisotopic (exact) mass is 332 g/mol. The van der Waals surface area contributed by atoms with Crippen molar-refractivity contribution in [1.29, 1.82) is 0 Å². The van der Waals surface area contributed by atoms with E-state index in [0.717, 1.165) is 10.9 Å². The van der Waals surface area contributed by atoms with Crippen LogP contribution >= 0.6 is 15.9 Å². The minimum Gasteiger partial charge on any atom is -0.327 e. The van der Waals surface area contributed by atoms with Crippen molar-refractivity contribution < 1.29 is 9.00 Å². The van der Waals surface area contributed by atoms with Gasteiger partial charge in [-0.3, -0.25) is 9.00 Å². The van der Waals surface area contributed by atoms with Gasteiger partial charge in [0.05, 0.1) is 0 Å². The summed E-state index contributed by atoms with van der Waals surface area (Å²) in [5.74, 6) is 0.104. The summed E-state index contributed by atoms with van der Waals surface area (Å²) in [5.41, 5.74) is 6.38. The lowest BCUT2D eigenvalue weighted by atomic mass is 10.3. The molecule has 0 bridgehead atoms. The number of rotatable bonds is 6. The van der Waals surface area contributed by atoms with Gasteiger partial charge in [-0.1, -0.05) is 22.9 Å². The molecule has 1 aromatic carbocycles. The molecular formula is C12H17BrN2O2S. The maximum absolute atomic E-state index is 11.6. The van der Waals surface area contributed by atoms with Crippen LogP contribution < -0.4 is 11.1 Å². The Kier molecular flexibility index (Phi) is 6.52. The molecule has 2 atom stereocenters. The van der Waals surface area contributed by atoms with Crippen LogP contribution in [0.15, 0.2) is 28.7 Å². The van der Waals surface area contributed by atoms with Gasteiger partial charge in [-0.05, 0) is 30.7 Å². The summed E-state index contributed by atoms with van der Waals surface area (Å²) >= 11 is 3.31. The topological polar surface area (TPSA) is 72.2 Å². The summed E-state index contributed by atoms with van der Waals surface area (Å²) in [7, 11) is -1.20. The largest absolute Gasteiger partial charge is 0.327 e. The van der Waals surface area contributed by atoms with Crippen molar-refractivity contribution >= 4 is 38.3 Å². The molecule has 0 fully saturated rings. The van der Waals surface area contributed by atoms with Crippen LogP contribution in [0.4, 0.5) is 5.69 Å². The Morgan fingerprint density at radius 3 is 2.61 bits per heavy atom. The molecule has 0 aliphatic heterocycles. The standard InChI is InChI=1S/C12H17BrN2O2S/c1-2-10(14)7-18(17)8-12(16)15-11-5-3-9(13)4-6-11/h3-6,10H,2,7-8,14H2,1H3,(H,15,16). The number of benzene rings is 1. The van der Waals surface area contributed by atoms with E-state index in [9.17, 15) is 9.00 Å². The van der Waals surface area contributed by atoms with Gasteiger partial charge in [0.1, 0.15) is 5.75 Å². The zero-order chi connectivity index (χ0) is 13.5. The average Bonchev–Trinajstić information content (AvgIpc) is 2.31. The van der Waals surface area contributed by atoms with Crippen LogP contribution in [0.3, 0.4) is 0 Å². The van der Waals surface area contributed by atoms with Crippen molar-refractivity contribution in [2.45, 2.75) is 19.4 Å². The van der Waals surface area contributed by atoms with Gasteiger partial charge in [0, 0.05) is 32.8 Å². The lowest BCUT2D eigenvalue weighted by Crippen LogP contribution is -2.30. The summed E-state index contributed by atoms with van der Waals surface area (Å²) in [6.45, 7) is 1.93. The molecule has 1 rings (SSSR count). The van der Waals surface area contributed by atoms with Crippen molar-refractivity contribution in [2.24, 2.45) is 5.73 Å². The lowest BCUT2D eigenvalue weighted by Gasteiger charge is -2.08. The molecule has 1 amide bonds. The number of nitrogens with two attached hydrogens (primary N) is 1. The van der Waals surface area contributed by atoms with Gasteiger partial charge in [-0.2, -0.15) is 0 Å². The highest BCUT2D eigenvalue weighted by Crippen LogP contribution is 2.13. The van der Waals surface area contributed by atoms with Crippen molar-refractivity contribution in [1.82, 2.24) is 0 Å². The molecule has 4 nitrogen and oxygen atoms in total. The number of anilines is 1. The first kappa shape index (κ1) is 15.3. The molecule has 6 heteroatoms. The molecule has 1 aromatic rings. The highest BCUT2D eigenvalue weighted by atomic mass is 79.9. The van der Waals surface area contributed by atoms with Crippen molar-refractivity contribution in [3.8, 4) is 0 Å². The predicted molar refractivity (Wildman–Crippen MR) is 78.9 cm³/mol. The highest BCUT2D eigenvalue weighted by molar-refractivity contribution is 9.10. The molecule has 0 aliphatic carbocycles. The van der Waals surface area contributed by atoms with Gasteiger partial charge in [0.2, 0.25) is 5.91 Å². The van der Waals surface area contributed by atoms with Crippen molar-refractivity contribution in [3.63, 3.8) is 0 Å². The second kappa shape index (κ2) is 7.66. The Labute approximate surface area is 118 Å². The Balaban J connectivity index is 2.42. The molecule has 0 radical (unpaired) electrons. The third kappa shape index (κ3) is 5.75. The van der Waals surface area contributed by atoms with Crippen molar-refractivity contribution in [2.75, 3.05) is 16.8 Å². The minimum absolute atomic E-state index is 0.0102. The highest BCUT2D eigenvalue weighted by Gasteiger charge is 2.11. The number of amides is 1. The molecule has 0 spiro atoms. The van der Waals surface area contributed by atoms with E-state index >= 15 is 0 Å². The van der Waals surface area contributed by atoms with Gasteiger partial charge < -0.3 is 11.1 Å². The fourth-order valence-electron chi connectivity index (χ4n) is 1.29. The maximum Gasteiger partial charge on any atom is 0.236 e. The molecule has 0 saturated heterocycles. The predicted octanol–water partition coefficient (Wildman–Crippen LogP) is 1.87. The van der Waals surface area contributed by atoms with Crippen LogP contribution in [-0.2, 0) is 15.6 Å². The molecule has 100 valence electrons. The molecule has 0 saturated carbocycles. The second-order valence-corrected chi connectivity index (χ2v) is 6.39. The number of halogens is 1. The average molecular weight is 333 g/mol. The van der Waals surface area contributed by atoms with E-state index < -0.39 is 10.8 Å². The first-order valence-electron chi connectivity index (χ1n) is 5.67. The zero-order valence-corrected chi connectivity index (χ0v) is 12.6.